The first kappa shape index (κ1) is 15.6. The molecule has 24 heavy (non-hydrogen) atoms. The average molecular weight is 319 g/mol. The van der Waals surface area contributed by atoms with Crippen molar-refractivity contribution in [2.45, 2.75) is 20.4 Å². The molecule has 2 heterocycles. The van der Waals surface area contributed by atoms with Gasteiger partial charge in [-0.1, -0.05) is 24.3 Å². The zero-order chi connectivity index (χ0) is 17.1. The van der Waals surface area contributed by atoms with Gasteiger partial charge in [-0.2, -0.15) is 5.26 Å². The first-order valence-electron chi connectivity index (χ1n) is 7.61. The quantitative estimate of drug-likeness (QED) is 0.800. The van der Waals surface area contributed by atoms with Crippen LogP contribution in [0.2, 0.25) is 0 Å². The number of hydrogen-bond donors (Lipinski definition) is 1. The summed E-state index contributed by atoms with van der Waals surface area (Å²) in [6.45, 7) is 4.09. The van der Waals surface area contributed by atoms with E-state index in [2.05, 4.69) is 11.4 Å². The Balaban J connectivity index is 1.88. The number of hydrogen-bond acceptors (Lipinski definition) is 3. The van der Waals surface area contributed by atoms with E-state index in [1.165, 1.54) is 0 Å². The van der Waals surface area contributed by atoms with E-state index in [0.29, 0.717) is 18.2 Å². The molecule has 0 aliphatic heterocycles. The number of amides is 1. The molecule has 0 aliphatic carbocycles. The summed E-state index contributed by atoms with van der Waals surface area (Å²) >= 11 is 0. The third-order valence-electron chi connectivity index (χ3n) is 3.94. The molecule has 5 nitrogen and oxygen atoms in total. The lowest BCUT2D eigenvalue weighted by Crippen LogP contribution is -2.24. The van der Waals surface area contributed by atoms with Crippen LogP contribution in [0.15, 0.2) is 53.2 Å². The van der Waals surface area contributed by atoms with Crippen LogP contribution in [0.5, 0.6) is 0 Å². The fourth-order valence-electron chi connectivity index (χ4n) is 2.63. The molecule has 1 N–H and O–H groups in total. The van der Waals surface area contributed by atoms with Gasteiger partial charge >= 0.3 is 0 Å². The van der Waals surface area contributed by atoms with Crippen LogP contribution in [-0.2, 0) is 6.54 Å². The average Bonchev–Trinajstić information content (AvgIpc) is 3.20. The van der Waals surface area contributed by atoms with E-state index in [0.717, 1.165) is 11.1 Å². The standard InChI is InChI=1S/C19H17N3O2/c1-13-7-3-4-8-15(13)12-21-18(23)17-14(2)24-19(16(17)11-20)22-9-5-6-10-22/h3-10H,12H2,1-2H3,(H,21,23). The van der Waals surface area contributed by atoms with E-state index < -0.39 is 0 Å². The molecule has 0 radical (unpaired) electrons. The van der Waals surface area contributed by atoms with Crippen molar-refractivity contribution < 1.29 is 9.21 Å². The monoisotopic (exact) mass is 319 g/mol. The van der Waals surface area contributed by atoms with Crippen LogP contribution < -0.4 is 5.32 Å². The summed E-state index contributed by atoms with van der Waals surface area (Å²) in [6, 6.07) is 13.6. The smallest absolute Gasteiger partial charge is 0.256 e. The van der Waals surface area contributed by atoms with Gasteiger partial charge in [-0.3, -0.25) is 9.36 Å². The number of carbonyl (C=O) groups is 1. The second-order valence-electron chi connectivity index (χ2n) is 5.52. The van der Waals surface area contributed by atoms with E-state index in [4.69, 9.17) is 4.42 Å². The van der Waals surface area contributed by atoms with Crippen molar-refractivity contribution in [3.8, 4) is 12.0 Å². The highest BCUT2D eigenvalue weighted by atomic mass is 16.4. The molecule has 1 aromatic carbocycles. The fourth-order valence-corrected chi connectivity index (χ4v) is 2.63. The maximum atomic E-state index is 12.6. The number of furan rings is 1. The van der Waals surface area contributed by atoms with Gasteiger partial charge in [0.1, 0.15) is 23.0 Å². The molecule has 2 aromatic heterocycles. The molecule has 5 heteroatoms. The number of benzene rings is 1. The minimum atomic E-state index is -0.311. The summed E-state index contributed by atoms with van der Waals surface area (Å²) in [4.78, 5) is 12.6. The van der Waals surface area contributed by atoms with E-state index in [1.54, 1.807) is 23.9 Å². The van der Waals surface area contributed by atoms with Gasteiger partial charge in [-0.05, 0) is 37.1 Å². The van der Waals surface area contributed by atoms with Crippen molar-refractivity contribution in [3.05, 3.63) is 76.8 Å². The molecule has 0 fully saturated rings. The molecule has 3 aromatic rings. The summed E-state index contributed by atoms with van der Waals surface area (Å²) in [5.74, 6) is 0.480. The first-order chi connectivity index (χ1) is 11.6. The molecule has 0 saturated carbocycles. The Bertz CT molecular complexity index is 915. The molecular weight excluding hydrogens is 302 g/mol. The van der Waals surface area contributed by atoms with Crippen LogP contribution in [0.25, 0.3) is 5.88 Å². The molecule has 120 valence electrons. The van der Waals surface area contributed by atoms with E-state index >= 15 is 0 Å². The Labute approximate surface area is 140 Å². The van der Waals surface area contributed by atoms with Gasteiger partial charge in [0.2, 0.25) is 5.88 Å². The molecule has 0 unspecified atom stereocenters. The second-order valence-corrected chi connectivity index (χ2v) is 5.52. The predicted molar refractivity (Wildman–Crippen MR) is 89.8 cm³/mol. The van der Waals surface area contributed by atoms with Gasteiger partial charge in [0.05, 0.1) is 0 Å². The molecule has 0 bridgehead atoms. The van der Waals surface area contributed by atoms with Crippen LogP contribution in [-0.4, -0.2) is 10.5 Å². The van der Waals surface area contributed by atoms with Gasteiger partial charge in [0.25, 0.3) is 5.91 Å². The molecule has 0 atom stereocenters. The number of nitrogens with zero attached hydrogens (tertiary/aromatic N) is 2. The SMILES string of the molecule is Cc1ccccc1CNC(=O)c1c(C)oc(-n2cccc2)c1C#N. The van der Waals surface area contributed by atoms with Crippen molar-refractivity contribution in [3.63, 3.8) is 0 Å². The highest BCUT2D eigenvalue weighted by Crippen LogP contribution is 2.25. The minimum absolute atomic E-state index is 0.242. The van der Waals surface area contributed by atoms with Crippen molar-refractivity contribution in [2.75, 3.05) is 0 Å². The van der Waals surface area contributed by atoms with Crippen molar-refractivity contribution in [1.29, 1.82) is 5.26 Å². The van der Waals surface area contributed by atoms with Gasteiger partial charge < -0.3 is 9.73 Å². The van der Waals surface area contributed by atoms with E-state index in [-0.39, 0.29) is 17.0 Å². The van der Waals surface area contributed by atoms with Crippen LogP contribution in [0, 0.1) is 25.2 Å². The van der Waals surface area contributed by atoms with Crippen LogP contribution in [0.4, 0.5) is 0 Å². The maximum Gasteiger partial charge on any atom is 0.256 e. The summed E-state index contributed by atoms with van der Waals surface area (Å²) in [7, 11) is 0. The predicted octanol–water partition coefficient (Wildman–Crippen LogP) is 3.49. The molecule has 0 aliphatic rings. The lowest BCUT2D eigenvalue weighted by Gasteiger charge is -2.07. The zero-order valence-electron chi connectivity index (χ0n) is 13.5. The summed E-state index contributed by atoms with van der Waals surface area (Å²) in [6.07, 6.45) is 3.54. The molecule has 1 amide bonds. The number of aromatic nitrogens is 1. The maximum absolute atomic E-state index is 12.6. The lowest BCUT2D eigenvalue weighted by molar-refractivity contribution is 0.0949. The van der Waals surface area contributed by atoms with Crippen molar-refractivity contribution >= 4 is 5.91 Å². The Morgan fingerprint density at radius 2 is 1.92 bits per heavy atom. The molecule has 0 spiro atoms. The Kier molecular flexibility index (Phi) is 4.21. The van der Waals surface area contributed by atoms with Crippen molar-refractivity contribution in [1.82, 2.24) is 9.88 Å². The lowest BCUT2D eigenvalue weighted by atomic mass is 10.1. The number of carbonyl (C=O) groups excluding carboxylic acids is 1. The van der Waals surface area contributed by atoms with E-state index in [9.17, 15) is 10.1 Å². The fraction of sp³-hybridized carbons (Fsp3) is 0.158. The Morgan fingerprint density at radius 3 is 2.58 bits per heavy atom. The highest BCUT2D eigenvalue weighted by Gasteiger charge is 2.24. The van der Waals surface area contributed by atoms with Crippen LogP contribution >= 0.6 is 0 Å². The van der Waals surface area contributed by atoms with Crippen LogP contribution in [0.1, 0.15) is 32.8 Å². The summed E-state index contributed by atoms with van der Waals surface area (Å²) in [5, 5.41) is 12.4. The normalized spacial score (nSPS) is 10.4. The van der Waals surface area contributed by atoms with Crippen LogP contribution in [0.3, 0.4) is 0 Å². The van der Waals surface area contributed by atoms with Crippen molar-refractivity contribution in [2.24, 2.45) is 0 Å². The van der Waals surface area contributed by atoms with Gasteiger partial charge in [-0.25, -0.2) is 0 Å². The first-order valence-corrected chi connectivity index (χ1v) is 7.61. The summed E-state index contributed by atoms with van der Waals surface area (Å²) in [5.41, 5.74) is 2.67. The van der Waals surface area contributed by atoms with Gasteiger partial charge in [0, 0.05) is 18.9 Å². The van der Waals surface area contributed by atoms with E-state index in [1.807, 2.05) is 43.3 Å². The highest BCUT2D eigenvalue weighted by molar-refractivity contribution is 5.98. The Morgan fingerprint density at radius 1 is 1.21 bits per heavy atom. The largest absolute Gasteiger partial charge is 0.443 e. The van der Waals surface area contributed by atoms with Gasteiger partial charge in [-0.15, -0.1) is 0 Å². The second kappa shape index (κ2) is 6.47. The topological polar surface area (TPSA) is 71.0 Å². The van der Waals surface area contributed by atoms with Gasteiger partial charge in [0.15, 0.2) is 0 Å². The molecule has 3 rings (SSSR count). The summed E-state index contributed by atoms with van der Waals surface area (Å²) < 4.78 is 7.34. The number of aryl methyl sites for hydroxylation is 2. The molecular formula is C19H17N3O2. The Hall–Kier alpha value is -3.26. The number of nitrogens with one attached hydrogen (secondary N) is 1. The third kappa shape index (κ3) is 2.82. The number of rotatable bonds is 4. The third-order valence-corrected chi connectivity index (χ3v) is 3.94. The number of nitriles is 1. The zero-order valence-corrected chi connectivity index (χ0v) is 13.5. The minimum Gasteiger partial charge on any atom is -0.443 e. The molecule has 0 saturated heterocycles.